The Morgan fingerprint density at radius 2 is 2.19 bits per heavy atom. The van der Waals surface area contributed by atoms with Gasteiger partial charge in [0.15, 0.2) is 5.11 Å². The molecule has 1 amide bonds. The van der Waals surface area contributed by atoms with Crippen molar-refractivity contribution in [3.05, 3.63) is 22.4 Å². The Labute approximate surface area is 104 Å². The van der Waals surface area contributed by atoms with Crippen molar-refractivity contribution in [1.82, 2.24) is 10.6 Å². The highest BCUT2D eigenvalue weighted by Crippen LogP contribution is 2.17. The molecule has 0 radical (unpaired) electrons. The molecule has 1 heterocycles. The number of rotatable bonds is 2. The number of hydrogen-bond acceptors (Lipinski definition) is 3. The molecule has 0 saturated heterocycles. The molecule has 0 atom stereocenters. The summed E-state index contributed by atoms with van der Waals surface area (Å²) < 4.78 is 0. The predicted molar refractivity (Wildman–Crippen MR) is 69.8 cm³/mol. The van der Waals surface area contributed by atoms with E-state index in [9.17, 15) is 4.79 Å². The molecule has 1 saturated carbocycles. The summed E-state index contributed by atoms with van der Waals surface area (Å²) in [6.45, 7) is 0. The Hall–Kier alpha value is -0.940. The van der Waals surface area contributed by atoms with Gasteiger partial charge in [0.25, 0.3) is 5.91 Å². The fourth-order valence-corrected chi connectivity index (χ4v) is 2.74. The van der Waals surface area contributed by atoms with Crippen molar-refractivity contribution in [2.24, 2.45) is 0 Å². The summed E-state index contributed by atoms with van der Waals surface area (Å²) in [7, 11) is 0. The average Bonchev–Trinajstić information content (AvgIpc) is 2.88. The van der Waals surface area contributed by atoms with E-state index in [4.69, 9.17) is 12.2 Å². The van der Waals surface area contributed by atoms with E-state index in [0.717, 1.165) is 12.8 Å². The SMILES string of the molecule is O=C(NC(=S)NC1CCCC1)c1cccs1. The van der Waals surface area contributed by atoms with Crippen molar-refractivity contribution < 1.29 is 4.79 Å². The minimum atomic E-state index is -0.120. The summed E-state index contributed by atoms with van der Waals surface area (Å²) in [5, 5.41) is 8.20. The molecule has 0 unspecified atom stereocenters. The summed E-state index contributed by atoms with van der Waals surface area (Å²) in [6.07, 6.45) is 4.79. The molecule has 1 aliphatic carbocycles. The van der Waals surface area contributed by atoms with Gasteiger partial charge >= 0.3 is 0 Å². The van der Waals surface area contributed by atoms with Crippen LogP contribution in [0.1, 0.15) is 35.4 Å². The predicted octanol–water partition coefficient (Wildman–Crippen LogP) is 2.29. The molecule has 5 heteroatoms. The van der Waals surface area contributed by atoms with Gasteiger partial charge in [0, 0.05) is 6.04 Å². The van der Waals surface area contributed by atoms with Crippen LogP contribution in [0.25, 0.3) is 0 Å². The van der Waals surface area contributed by atoms with Crippen LogP contribution in [0.3, 0.4) is 0 Å². The van der Waals surface area contributed by atoms with Crippen LogP contribution in [0.4, 0.5) is 0 Å². The highest BCUT2D eigenvalue weighted by Gasteiger charge is 2.16. The highest BCUT2D eigenvalue weighted by atomic mass is 32.1. The summed E-state index contributed by atoms with van der Waals surface area (Å²) in [6, 6.07) is 4.08. The number of carbonyl (C=O) groups excluding carboxylic acids is 1. The largest absolute Gasteiger partial charge is 0.360 e. The van der Waals surface area contributed by atoms with Crippen molar-refractivity contribution in [2.75, 3.05) is 0 Å². The summed E-state index contributed by atoms with van der Waals surface area (Å²) in [4.78, 5) is 12.4. The van der Waals surface area contributed by atoms with Crippen LogP contribution in [0.5, 0.6) is 0 Å². The quantitative estimate of drug-likeness (QED) is 0.796. The molecule has 3 nitrogen and oxygen atoms in total. The van der Waals surface area contributed by atoms with Gasteiger partial charge in [-0.1, -0.05) is 18.9 Å². The first-order chi connectivity index (χ1) is 7.75. The van der Waals surface area contributed by atoms with E-state index >= 15 is 0 Å². The number of nitrogens with one attached hydrogen (secondary N) is 2. The lowest BCUT2D eigenvalue weighted by Gasteiger charge is -2.14. The number of hydrogen-bond donors (Lipinski definition) is 2. The highest BCUT2D eigenvalue weighted by molar-refractivity contribution is 7.80. The van der Waals surface area contributed by atoms with E-state index in [1.807, 2.05) is 11.4 Å². The smallest absolute Gasteiger partial charge is 0.267 e. The van der Waals surface area contributed by atoms with Gasteiger partial charge in [-0.3, -0.25) is 10.1 Å². The number of thiocarbonyl (C=S) groups is 1. The molecule has 1 aromatic rings. The maximum atomic E-state index is 11.7. The Morgan fingerprint density at radius 3 is 2.81 bits per heavy atom. The second-order valence-corrected chi connectivity index (χ2v) is 5.24. The summed E-state index contributed by atoms with van der Waals surface area (Å²) >= 11 is 6.52. The molecule has 0 spiro atoms. The van der Waals surface area contributed by atoms with Crippen LogP contribution in [-0.4, -0.2) is 17.1 Å². The lowest BCUT2D eigenvalue weighted by molar-refractivity contribution is 0.0980. The third-order valence-electron chi connectivity index (χ3n) is 2.66. The third-order valence-corrected chi connectivity index (χ3v) is 3.75. The second kappa shape index (κ2) is 5.41. The van der Waals surface area contributed by atoms with Crippen LogP contribution >= 0.6 is 23.6 Å². The molecular weight excluding hydrogens is 240 g/mol. The van der Waals surface area contributed by atoms with E-state index in [-0.39, 0.29) is 5.91 Å². The first kappa shape index (κ1) is 11.5. The fraction of sp³-hybridized carbons (Fsp3) is 0.455. The van der Waals surface area contributed by atoms with Gasteiger partial charge < -0.3 is 5.32 Å². The number of amides is 1. The third kappa shape index (κ3) is 3.02. The van der Waals surface area contributed by atoms with Crippen molar-refractivity contribution in [2.45, 2.75) is 31.7 Å². The zero-order valence-electron chi connectivity index (χ0n) is 8.86. The van der Waals surface area contributed by atoms with E-state index in [2.05, 4.69) is 10.6 Å². The summed E-state index contributed by atoms with van der Waals surface area (Å²) in [5.74, 6) is -0.120. The van der Waals surface area contributed by atoms with E-state index < -0.39 is 0 Å². The van der Waals surface area contributed by atoms with Gasteiger partial charge in [0.2, 0.25) is 0 Å². The van der Waals surface area contributed by atoms with Gasteiger partial charge in [0.1, 0.15) is 0 Å². The van der Waals surface area contributed by atoms with Crippen molar-refractivity contribution in [3.63, 3.8) is 0 Å². The molecule has 0 aromatic carbocycles. The molecule has 1 fully saturated rings. The molecule has 1 aliphatic rings. The van der Waals surface area contributed by atoms with Crippen LogP contribution in [0, 0.1) is 0 Å². The maximum Gasteiger partial charge on any atom is 0.267 e. The number of thiophene rings is 1. The van der Waals surface area contributed by atoms with E-state index in [0.29, 0.717) is 16.0 Å². The van der Waals surface area contributed by atoms with E-state index in [1.54, 1.807) is 6.07 Å². The topological polar surface area (TPSA) is 41.1 Å². The molecule has 0 bridgehead atoms. The van der Waals surface area contributed by atoms with Gasteiger partial charge in [-0.05, 0) is 36.5 Å². The molecule has 86 valence electrons. The Balaban J connectivity index is 1.80. The normalized spacial score (nSPS) is 16.0. The maximum absolute atomic E-state index is 11.7. The molecule has 2 N–H and O–H groups in total. The van der Waals surface area contributed by atoms with Crippen molar-refractivity contribution >= 4 is 34.6 Å². The van der Waals surface area contributed by atoms with Crippen LogP contribution in [-0.2, 0) is 0 Å². The minimum Gasteiger partial charge on any atom is -0.360 e. The Morgan fingerprint density at radius 1 is 1.44 bits per heavy atom. The van der Waals surface area contributed by atoms with E-state index in [1.165, 1.54) is 24.2 Å². The van der Waals surface area contributed by atoms with Crippen LogP contribution in [0.2, 0.25) is 0 Å². The lowest BCUT2D eigenvalue weighted by Crippen LogP contribution is -2.43. The number of carbonyl (C=O) groups is 1. The molecule has 1 aromatic heterocycles. The average molecular weight is 254 g/mol. The standard InChI is InChI=1S/C11H14N2OS2/c14-10(9-6-3-7-16-9)13-11(15)12-8-4-1-2-5-8/h3,6-8H,1-2,4-5H2,(H2,12,13,14,15). The van der Waals surface area contributed by atoms with Crippen molar-refractivity contribution in [1.29, 1.82) is 0 Å². The van der Waals surface area contributed by atoms with Crippen molar-refractivity contribution in [3.8, 4) is 0 Å². The molecule has 0 aliphatic heterocycles. The lowest BCUT2D eigenvalue weighted by atomic mass is 10.3. The Bertz CT molecular complexity index is 369. The Kier molecular flexibility index (Phi) is 3.90. The first-order valence-electron chi connectivity index (χ1n) is 5.41. The zero-order valence-corrected chi connectivity index (χ0v) is 10.5. The monoisotopic (exact) mass is 254 g/mol. The van der Waals surface area contributed by atoms with Gasteiger partial charge in [-0.15, -0.1) is 11.3 Å². The molecule has 2 rings (SSSR count). The van der Waals surface area contributed by atoms with Gasteiger partial charge in [-0.2, -0.15) is 0 Å². The van der Waals surface area contributed by atoms with Gasteiger partial charge in [-0.25, -0.2) is 0 Å². The zero-order chi connectivity index (χ0) is 11.4. The first-order valence-corrected chi connectivity index (χ1v) is 6.70. The second-order valence-electron chi connectivity index (χ2n) is 3.89. The van der Waals surface area contributed by atoms with Crippen LogP contribution in [0.15, 0.2) is 17.5 Å². The fourth-order valence-electron chi connectivity index (χ4n) is 1.86. The van der Waals surface area contributed by atoms with Crippen LogP contribution < -0.4 is 10.6 Å². The summed E-state index contributed by atoms with van der Waals surface area (Å²) in [5.41, 5.74) is 0. The molecule has 16 heavy (non-hydrogen) atoms. The molecular formula is C11H14N2OS2. The minimum absolute atomic E-state index is 0.120. The van der Waals surface area contributed by atoms with Gasteiger partial charge in [0.05, 0.1) is 4.88 Å².